The molecular weight excluding hydrogens is 855 g/mol. The molecule has 15 heteroatoms. The van der Waals surface area contributed by atoms with E-state index in [9.17, 15) is 4.79 Å². The summed E-state index contributed by atoms with van der Waals surface area (Å²) in [7, 11) is 3.17. The predicted molar refractivity (Wildman–Crippen MR) is 218 cm³/mol. The number of halogens is 5. The molecule has 2 aromatic heterocycles. The van der Waals surface area contributed by atoms with Crippen LogP contribution < -0.4 is 19.3 Å². The first-order valence-electron chi connectivity index (χ1n) is 18.6. The van der Waals surface area contributed by atoms with Gasteiger partial charge in [-0.3, -0.25) is 4.90 Å². The number of pyridine rings is 1. The molecule has 0 N–H and O–H groups in total. The Morgan fingerprint density at radius 1 is 0.895 bits per heavy atom. The smallest absolute Gasteiger partial charge is 0.410 e. The number of piperazine rings is 1. The van der Waals surface area contributed by atoms with Crippen molar-refractivity contribution in [1.82, 2.24) is 19.9 Å². The Morgan fingerprint density at radius 3 is 1.96 bits per heavy atom. The van der Waals surface area contributed by atoms with Crippen molar-refractivity contribution < 1.29 is 36.6 Å². The van der Waals surface area contributed by atoms with Crippen LogP contribution in [0.15, 0.2) is 60.7 Å². The van der Waals surface area contributed by atoms with Crippen molar-refractivity contribution in [3.05, 3.63) is 98.4 Å². The zero-order valence-electron chi connectivity index (χ0n) is 32.5. The average Bonchev–Trinajstić information content (AvgIpc) is 3.44. The largest absolute Gasteiger partial charge is 0.497 e. The topological polar surface area (TPSA) is 93.2 Å². The van der Waals surface area contributed by atoms with Crippen molar-refractivity contribution >= 4 is 51.2 Å². The van der Waals surface area contributed by atoms with Crippen molar-refractivity contribution in [3.63, 3.8) is 0 Å². The van der Waals surface area contributed by atoms with Gasteiger partial charge in [0.1, 0.15) is 34.3 Å². The fraction of sp³-hybridized carbons (Fsp3) is 0.381. The number of ether oxygens (including phenoxy) is 3. The number of carbonyl (C=O) groups is 1. The highest BCUT2D eigenvalue weighted by Gasteiger charge is 2.45. The summed E-state index contributed by atoms with van der Waals surface area (Å²) in [6.07, 6.45) is -3.45. The highest BCUT2D eigenvalue weighted by Crippen LogP contribution is 2.43. The van der Waals surface area contributed by atoms with Gasteiger partial charge in [0.25, 0.3) is 6.43 Å². The van der Waals surface area contributed by atoms with Gasteiger partial charge in [-0.2, -0.15) is 14.4 Å². The molecule has 0 radical (unpaired) electrons. The highest BCUT2D eigenvalue weighted by molar-refractivity contribution is 14.1. The standard InChI is InChI=1S/C42H43F4IN6O4/c1-23-17-32(51(19-24-7-13-28(55-5)14-8-24)20-25-9-15-29(56-6)16-10-25)48-37(35(23)47)33-30(38(44)45)18-31-36(34(33)43)49-40(46)50-39(31)52-21-26-11-12-27(22-52)53(26)41(54)57-42(2,3)4/h7-10,13-18,26-27,38H,11-12,19-22H2,1-6H3. The SMILES string of the molecule is COc1ccc(CN(Cc2ccc(OC)cc2)c2cc(C)c(I)c(-c3c(C(F)F)cc4c(N5CC6CCC(C5)N6C(=O)OC(C)(C)C)nc(F)nc4c3F)n2)cc1. The fourth-order valence-corrected chi connectivity index (χ4v) is 8.18. The maximum atomic E-state index is 17.1. The van der Waals surface area contributed by atoms with Crippen molar-refractivity contribution in [2.75, 3.05) is 37.1 Å². The van der Waals surface area contributed by atoms with Crippen LogP contribution in [0, 0.1) is 22.4 Å². The van der Waals surface area contributed by atoms with Gasteiger partial charge in [-0.15, -0.1) is 0 Å². The van der Waals surface area contributed by atoms with Gasteiger partial charge in [0, 0.05) is 46.3 Å². The first-order valence-corrected chi connectivity index (χ1v) is 19.6. The number of amides is 1. The molecule has 0 aliphatic carbocycles. The van der Waals surface area contributed by atoms with Gasteiger partial charge >= 0.3 is 12.2 Å². The number of hydrogen-bond donors (Lipinski definition) is 0. The Labute approximate surface area is 342 Å². The Kier molecular flexibility index (Phi) is 11.4. The molecular formula is C42H43F4IN6O4. The molecule has 1 amide bonds. The molecule has 300 valence electrons. The average molecular weight is 899 g/mol. The molecule has 2 aliphatic rings. The number of fused-ring (bicyclic) bond motifs is 3. The number of hydrogen-bond acceptors (Lipinski definition) is 9. The van der Waals surface area contributed by atoms with Crippen molar-refractivity contribution in [2.45, 2.75) is 77.7 Å². The zero-order chi connectivity index (χ0) is 40.8. The number of rotatable bonds is 10. The number of nitrogens with zero attached hydrogens (tertiary/aromatic N) is 6. The van der Waals surface area contributed by atoms with E-state index in [1.54, 1.807) is 44.8 Å². The van der Waals surface area contributed by atoms with E-state index in [1.165, 1.54) is 0 Å². The Hall–Kier alpha value is -4.93. The van der Waals surface area contributed by atoms with Crippen LogP contribution in [0.5, 0.6) is 11.5 Å². The monoisotopic (exact) mass is 898 g/mol. The molecule has 2 atom stereocenters. The minimum absolute atomic E-state index is 0.0108. The minimum atomic E-state index is -3.13. The van der Waals surface area contributed by atoms with Crippen LogP contribution in [0.3, 0.4) is 0 Å². The molecule has 5 aromatic rings. The van der Waals surface area contributed by atoms with Crippen LogP contribution in [0.25, 0.3) is 22.2 Å². The number of carbonyl (C=O) groups excluding carboxylic acids is 1. The predicted octanol–water partition coefficient (Wildman–Crippen LogP) is 9.63. The van der Waals surface area contributed by atoms with Gasteiger partial charge in [-0.1, -0.05) is 24.3 Å². The summed E-state index contributed by atoms with van der Waals surface area (Å²) in [6.45, 7) is 8.38. The van der Waals surface area contributed by atoms with E-state index < -0.39 is 46.7 Å². The summed E-state index contributed by atoms with van der Waals surface area (Å²) >= 11 is 1.99. The molecule has 3 aromatic carbocycles. The molecule has 2 bridgehead atoms. The van der Waals surface area contributed by atoms with E-state index in [4.69, 9.17) is 19.2 Å². The molecule has 2 unspecified atom stereocenters. The van der Waals surface area contributed by atoms with Crippen molar-refractivity contribution in [3.8, 4) is 22.8 Å². The van der Waals surface area contributed by atoms with Crippen molar-refractivity contribution in [1.29, 1.82) is 0 Å². The molecule has 0 spiro atoms. The minimum Gasteiger partial charge on any atom is -0.497 e. The molecule has 2 saturated heterocycles. The molecule has 10 nitrogen and oxygen atoms in total. The van der Waals surface area contributed by atoms with Crippen molar-refractivity contribution in [2.24, 2.45) is 0 Å². The second-order valence-corrected chi connectivity index (χ2v) is 16.4. The van der Waals surface area contributed by atoms with E-state index in [1.807, 2.05) is 89.0 Å². The summed E-state index contributed by atoms with van der Waals surface area (Å²) in [4.78, 5) is 31.3. The maximum Gasteiger partial charge on any atom is 0.410 e. The molecule has 2 aliphatic heterocycles. The Bertz CT molecular complexity index is 2230. The van der Waals surface area contributed by atoms with Crippen LogP contribution in [0.4, 0.5) is 34.0 Å². The Balaban J connectivity index is 1.31. The van der Waals surface area contributed by atoms with Crippen LogP contribution in [-0.2, 0) is 17.8 Å². The summed E-state index contributed by atoms with van der Waals surface area (Å²) in [5.74, 6) is 0.664. The Morgan fingerprint density at radius 2 is 1.46 bits per heavy atom. The lowest BCUT2D eigenvalue weighted by atomic mass is 9.98. The third-order valence-electron chi connectivity index (χ3n) is 10.3. The van der Waals surface area contributed by atoms with Gasteiger partial charge in [0.2, 0.25) is 0 Å². The van der Waals surface area contributed by atoms with E-state index in [2.05, 4.69) is 9.97 Å². The number of anilines is 2. The third-order valence-corrected chi connectivity index (χ3v) is 11.6. The summed E-state index contributed by atoms with van der Waals surface area (Å²) in [6, 6.07) is 17.5. The van der Waals surface area contributed by atoms with Gasteiger partial charge < -0.3 is 24.0 Å². The normalized spacial score (nSPS) is 16.7. The fourth-order valence-electron chi connectivity index (χ4n) is 7.63. The number of methoxy groups -OCH3 is 2. The van der Waals surface area contributed by atoms with Gasteiger partial charge in [-0.05, 0) is 116 Å². The second kappa shape index (κ2) is 16.1. The quantitative estimate of drug-likeness (QED) is 0.0772. The molecule has 7 rings (SSSR count). The van der Waals surface area contributed by atoms with Gasteiger partial charge in [0.15, 0.2) is 5.82 Å². The number of benzene rings is 3. The van der Waals surface area contributed by atoms with E-state index in [0.29, 0.717) is 52.4 Å². The summed E-state index contributed by atoms with van der Waals surface area (Å²) in [5.41, 5.74) is 0.301. The highest BCUT2D eigenvalue weighted by atomic mass is 127. The lowest BCUT2D eigenvalue weighted by Gasteiger charge is -2.42. The number of alkyl halides is 2. The van der Waals surface area contributed by atoms with Gasteiger partial charge in [-0.25, -0.2) is 22.9 Å². The van der Waals surface area contributed by atoms with Crippen LogP contribution in [0.2, 0.25) is 0 Å². The van der Waals surface area contributed by atoms with Crippen LogP contribution >= 0.6 is 22.6 Å². The first kappa shape index (κ1) is 40.3. The molecule has 2 fully saturated rings. The maximum absolute atomic E-state index is 17.1. The van der Waals surface area contributed by atoms with E-state index in [-0.39, 0.29) is 42.1 Å². The lowest BCUT2D eigenvalue weighted by molar-refractivity contribution is 0.0122. The van der Waals surface area contributed by atoms with Crippen LogP contribution in [-0.4, -0.2) is 70.9 Å². The number of aromatic nitrogens is 3. The van der Waals surface area contributed by atoms with Gasteiger partial charge in [0.05, 0.1) is 32.0 Å². The van der Waals surface area contributed by atoms with E-state index >= 15 is 17.6 Å². The zero-order valence-corrected chi connectivity index (χ0v) is 34.6. The summed E-state index contributed by atoms with van der Waals surface area (Å²) in [5, 5.41) is -0.0541. The molecule has 57 heavy (non-hydrogen) atoms. The summed E-state index contributed by atoms with van der Waals surface area (Å²) < 4.78 is 79.8. The van der Waals surface area contributed by atoms with Crippen LogP contribution in [0.1, 0.15) is 62.3 Å². The van der Waals surface area contributed by atoms with E-state index in [0.717, 1.165) is 17.2 Å². The third kappa shape index (κ3) is 8.39. The molecule has 0 saturated carbocycles. The first-order chi connectivity index (χ1) is 27.1. The number of aryl methyl sites for hydroxylation is 1. The molecule has 4 heterocycles. The second-order valence-electron chi connectivity index (χ2n) is 15.4. The lowest BCUT2D eigenvalue weighted by Crippen LogP contribution is -2.57.